The Morgan fingerprint density at radius 3 is 2.58 bits per heavy atom. The summed E-state index contributed by atoms with van der Waals surface area (Å²) in [5, 5.41) is 10.7. The van der Waals surface area contributed by atoms with Gasteiger partial charge in [0.1, 0.15) is 17.7 Å². The van der Waals surface area contributed by atoms with Crippen molar-refractivity contribution in [2.75, 3.05) is 17.2 Å². The van der Waals surface area contributed by atoms with Gasteiger partial charge >= 0.3 is 0 Å². The van der Waals surface area contributed by atoms with Crippen LogP contribution in [0, 0.1) is 17.5 Å². The maximum Gasteiger partial charge on any atom is 0.252 e. The molecule has 1 aliphatic heterocycles. The molecule has 0 amide bonds. The van der Waals surface area contributed by atoms with Crippen molar-refractivity contribution in [3.8, 4) is 11.3 Å². The lowest BCUT2D eigenvalue weighted by Crippen LogP contribution is -2.72. The van der Waals surface area contributed by atoms with Crippen molar-refractivity contribution in [2.24, 2.45) is 5.73 Å². The number of piperidine rings is 1. The minimum absolute atomic E-state index is 0.00117. The molecule has 9 nitrogen and oxygen atoms in total. The summed E-state index contributed by atoms with van der Waals surface area (Å²) in [4.78, 5) is 18.4. The predicted octanol–water partition coefficient (Wildman–Crippen LogP) is 3.39. The number of nitrogens with zero attached hydrogens (tertiary/aromatic N) is 6. The summed E-state index contributed by atoms with van der Waals surface area (Å²) >= 11 is 0. The molecular weight excluding hydrogens is 535 g/mol. The Bertz CT molecular complexity index is 1610. The quantitative estimate of drug-likeness (QED) is 0.256. The first kappa shape index (κ1) is 26.3. The number of imidazole rings is 1. The zero-order chi connectivity index (χ0) is 28.4. The van der Waals surface area contributed by atoms with E-state index in [0.29, 0.717) is 53.9 Å². The van der Waals surface area contributed by atoms with Crippen LogP contribution in [0.15, 0.2) is 37.1 Å². The van der Waals surface area contributed by atoms with Crippen LogP contribution >= 0.6 is 0 Å². The van der Waals surface area contributed by atoms with E-state index < -0.39 is 53.9 Å². The van der Waals surface area contributed by atoms with Gasteiger partial charge in [0.25, 0.3) is 5.92 Å². The Labute approximate surface area is 224 Å². The standard InChI is InChI=1S/C26H25F5N8O/c27-15-6-17(29)16(28)5-14(15)18-4-13(10-38-12-37-22-23(32)35-11-36-24(22)38)19(9-34-18)39-3-1-2-26(33)20(39)7-25(30,31)8-21(26)40/h4-6,9,11-12,20-21,40H,1-3,7-8,10,33H2,(H2,32,35,36)/t20?,21-,26+/m0/s1. The van der Waals surface area contributed by atoms with E-state index in [2.05, 4.69) is 19.9 Å². The molecule has 0 spiro atoms. The molecule has 40 heavy (non-hydrogen) atoms. The molecule has 6 rings (SSSR count). The molecule has 5 N–H and O–H groups in total. The third kappa shape index (κ3) is 4.31. The molecule has 2 aliphatic rings. The Hall–Kier alpha value is -3.91. The minimum Gasteiger partial charge on any atom is -0.391 e. The summed E-state index contributed by atoms with van der Waals surface area (Å²) < 4.78 is 73.4. The number of halogens is 5. The third-order valence-electron chi connectivity index (χ3n) is 7.94. The van der Waals surface area contributed by atoms with Crippen molar-refractivity contribution in [3.05, 3.63) is 60.1 Å². The molecule has 1 unspecified atom stereocenters. The molecule has 4 aromatic rings. The molecule has 1 aromatic carbocycles. The van der Waals surface area contributed by atoms with Gasteiger partial charge in [-0.05, 0) is 30.5 Å². The van der Waals surface area contributed by atoms with Crippen LogP contribution in [0.2, 0.25) is 0 Å². The number of fused-ring (bicyclic) bond motifs is 2. The normalized spacial score (nSPS) is 24.3. The highest BCUT2D eigenvalue weighted by Gasteiger charge is 2.57. The highest BCUT2D eigenvalue weighted by atomic mass is 19.3. The molecular formula is C26H25F5N8O. The molecule has 0 bridgehead atoms. The van der Waals surface area contributed by atoms with Crippen LogP contribution in [0.25, 0.3) is 22.4 Å². The average molecular weight is 561 g/mol. The summed E-state index contributed by atoms with van der Waals surface area (Å²) in [5.41, 5.74) is 12.6. The number of anilines is 2. The van der Waals surface area contributed by atoms with Gasteiger partial charge in [-0.2, -0.15) is 0 Å². The number of nitrogen functional groups attached to an aromatic ring is 1. The van der Waals surface area contributed by atoms with Gasteiger partial charge in [-0.25, -0.2) is 36.9 Å². The van der Waals surface area contributed by atoms with Crippen LogP contribution in [-0.4, -0.2) is 59.8 Å². The van der Waals surface area contributed by atoms with Gasteiger partial charge in [-0.15, -0.1) is 0 Å². The van der Waals surface area contributed by atoms with Crippen molar-refractivity contribution in [3.63, 3.8) is 0 Å². The van der Waals surface area contributed by atoms with E-state index in [-0.39, 0.29) is 23.6 Å². The lowest BCUT2D eigenvalue weighted by atomic mass is 9.69. The van der Waals surface area contributed by atoms with Gasteiger partial charge in [0.05, 0.1) is 48.1 Å². The van der Waals surface area contributed by atoms with Crippen LogP contribution in [0.5, 0.6) is 0 Å². The van der Waals surface area contributed by atoms with E-state index in [1.54, 1.807) is 9.47 Å². The van der Waals surface area contributed by atoms with Gasteiger partial charge in [0.15, 0.2) is 23.1 Å². The number of pyridine rings is 1. The van der Waals surface area contributed by atoms with Crippen LogP contribution in [0.4, 0.5) is 33.5 Å². The SMILES string of the molecule is Nc1ncnc2c1ncn2Cc1cc(-c2cc(F)c(F)cc2F)ncc1N1CCC[C@@]2(N)C1CC(F)(F)C[C@@H]2O. The summed E-state index contributed by atoms with van der Waals surface area (Å²) in [7, 11) is 0. The summed E-state index contributed by atoms with van der Waals surface area (Å²) in [6, 6.07) is 1.69. The largest absolute Gasteiger partial charge is 0.391 e. The van der Waals surface area contributed by atoms with Crippen molar-refractivity contribution >= 4 is 22.7 Å². The third-order valence-corrected chi connectivity index (χ3v) is 7.94. The minimum atomic E-state index is -3.14. The van der Waals surface area contributed by atoms with Gasteiger partial charge in [0, 0.05) is 31.0 Å². The molecule has 3 aromatic heterocycles. The second kappa shape index (κ2) is 9.34. The fraction of sp³-hybridized carbons (Fsp3) is 0.385. The molecule has 0 radical (unpaired) electrons. The number of aromatic nitrogens is 5. The number of rotatable bonds is 4. The number of alkyl halides is 2. The molecule has 2 fully saturated rings. The lowest BCUT2D eigenvalue weighted by Gasteiger charge is -2.55. The summed E-state index contributed by atoms with van der Waals surface area (Å²) in [5.74, 6) is -6.60. The summed E-state index contributed by atoms with van der Waals surface area (Å²) in [6.45, 7) is 0.405. The Morgan fingerprint density at radius 2 is 1.77 bits per heavy atom. The highest BCUT2D eigenvalue weighted by molar-refractivity contribution is 5.81. The van der Waals surface area contributed by atoms with Crippen molar-refractivity contribution in [1.29, 1.82) is 0 Å². The fourth-order valence-electron chi connectivity index (χ4n) is 5.92. The second-order valence-electron chi connectivity index (χ2n) is 10.5. The highest BCUT2D eigenvalue weighted by Crippen LogP contribution is 2.46. The number of hydrogen-bond acceptors (Lipinski definition) is 8. The van der Waals surface area contributed by atoms with Gasteiger partial charge in [-0.3, -0.25) is 4.98 Å². The Morgan fingerprint density at radius 1 is 1.00 bits per heavy atom. The van der Waals surface area contributed by atoms with E-state index in [9.17, 15) is 27.1 Å². The molecule has 210 valence electrons. The second-order valence-corrected chi connectivity index (χ2v) is 10.5. The lowest BCUT2D eigenvalue weighted by molar-refractivity contribution is -0.120. The van der Waals surface area contributed by atoms with E-state index in [1.165, 1.54) is 24.9 Å². The smallest absolute Gasteiger partial charge is 0.252 e. The van der Waals surface area contributed by atoms with E-state index >= 15 is 0 Å². The fourth-order valence-corrected chi connectivity index (χ4v) is 5.92. The first-order valence-electron chi connectivity index (χ1n) is 12.6. The molecule has 3 atom stereocenters. The Balaban J connectivity index is 1.49. The molecule has 1 saturated heterocycles. The van der Waals surface area contributed by atoms with Gasteiger partial charge < -0.3 is 26.0 Å². The molecule has 14 heteroatoms. The number of nitrogens with two attached hydrogens (primary N) is 2. The van der Waals surface area contributed by atoms with E-state index in [0.717, 1.165) is 0 Å². The van der Waals surface area contributed by atoms with Crippen LogP contribution in [0.3, 0.4) is 0 Å². The number of benzene rings is 1. The predicted molar refractivity (Wildman–Crippen MR) is 136 cm³/mol. The van der Waals surface area contributed by atoms with Gasteiger partial charge in [-0.1, -0.05) is 0 Å². The monoisotopic (exact) mass is 560 g/mol. The van der Waals surface area contributed by atoms with E-state index in [4.69, 9.17) is 11.5 Å². The average Bonchev–Trinajstić information content (AvgIpc) is 3.30. The van der Waals surface area contributed by atoms with Crippen molar-refractivity contribution < 1.29 is 27.1 Å². The molecule has 1 aliphatic carbocycles. The van der Waals surface area contributed by atoms with Crippen molar-refractivity contribution in [1.82, 2.24) is 24.5 Å². The maximum absolute atomic E-state index is 14.7. The molecule has 1 saturated carbocycles. The van der Waals surface area contributed by atoms with Crippen LogP contribution < -0.4 is 16.4 Å². The zero-order valence-corrected chi connectivity index (χ0v) is 21.0. The number of aliphatic hydroxyl groups excluding tert-OH is 1. The zero-order valence-electron chi connectivity index (χ0n) is 21.0. The van der Waals surface area contributed by atoms with E-state index in [1.807, 2.05) is 0 Å². The molecule has 4 heterocycles. The first-order valence-corrected chi connectivity index (χ1v) is 12.6. The maximum atomic E-state index is 14.7. The van der Waals surface area contributed by atoms with Crippen molar-refractivity contribution in [2.45, 2.75) is 55.8 Å². The Kier molecular flexibility index (Phi) is 6.14. The number of hydrogen-bond donors (Lipinski definition) is 3. The topological polar surface area (TPSA) is 132 Å². The van der Waals surface area contributed by atoms with Crippen LogP contribution in [-0.2, 0) is 6.54 Å². The van der Waals surface area contributed by atoms with Gasteiger partial charge in [0.2, 0.25) is 0 Å². The summed E-state index contributed by atoms with van der Waals surface area (Å²) in [6.07, 6.45) is 2.27. The number of aliphatic hydroxyl groups is 1. The van der Waals surface area contributed by atoms with Crippen LogP contribution in [0.1, 0.15) is 31.2 Å². The first-order chi connectivity index (χ1) is 19.0.